The smallest absolute Gasteiger partial charge is 0.191 e. The van der Waals surface area contributed by atoms with Crippen LogP contribution in [0.1, 0.15) is 6.92 Å². The average molecular weight is 320 g/mol. The summed E-state index contributed by atoms with van der Waals surface area (Å²) in [6, 6.07) is 0. The van der Waals surface area contributed by atoms with Gasteiger partial charge >= 0.3 is 0 Å². The number of anilines is 1. The van der Waals surface area contributed by atoms with Gasteiger partial charge in [0.05, 0.1) is 24.7 Å². The zero-order valence-electron chi connectivity index (χ0n) is 13.8. The molecule has 0 saturated heterocycles. The first-order valence-corrected chi connectivity index (χ1v) is 7.64. The Kier molecular flexibility index (Phi) is 6.55. The van der Waals surface area contributed by atoms with Crippen molar-refractivity contribution in [2.45, 2.75) is 6.92 Å². The van der Waals surface area contributed by atoms with Crippen molar-refractivity contribution in [3.8, 4) is 0 Å². The second-order valence-electron chi connectivity index (χ2n) is 4.83. The van der Waals surface area contributed by atoms with Gasteiger partial charge < -0.3 is 20.7 Å². The molecule has 0 saturated carbocycles. The van der Waals surface area contributed by atoms with E-state index in [1.165, 1.54) is 6.33 Å². The summed E-state index contributed by atoms with van der Waals surface area (Å²) < 4.78 is 6.73. The highest BCUT2D eigenvalue weighted by Gasteiger charge is 2.06. The van der Waals surface area contributed by atoms with Crippen LogP contribution in [0, 0.1) is 0 Å². The van der Waals surface area contributed by atoms with Gasteiger partial charge in [0.15, 0.2) is 11.6 Å². The third-order valence-corrected chi connectivity index (χ3v) is 3.15. The van der Waals surface area contributed by atoms with E-state index in [9.17, 15) is 0 Å². The van der Waals surface area contributed by atoms with Crippen molar-refractivity contribution in [1.82, 2.24) is 30.4 Å². The molecule has 0 bridgehead atoms. The second-order valence-corrected chi connectivity index (χ2v) is 4.83. The minimum Gasteiger partial charge on any atom is -0.383 e. The summed E-state index contributed by atoms with van der Waals surface area (Å²) in [7, 11) is 3.53. The fourth-order valence-electron chi connectivity index (χ4n) is 2.06. The molecule has 9 heteroatoms. The van der Waals surface area contributed by atoms with Crippen molar-refractivity contribution >= 4 is 22.8 Å². The summed E-state index contributed by atoms with van der Waals surface area (Å²) in [5, 5.41) is 14.8. The van der Waals surface area contributed by atoms with Gasteiger partial charge in [-0.05, 0) is 6.92 Å². The molecule has 9 nitrogen and oxygen atoms in total. The zero-order chi connectivity index (χ0) is 16.5. The van der Waals surface area contributed by atoms with E-state index in [0.29, 0.717) is 26.2 Å². The van der Waals surface area contributed by atoms with Crippen molar-refractivity contribution in [2.75, 3.05) is 45.2 Å². The number of aromatic nitrogens is 4. The molecule has 0 aliphatic heterocycles. The Morgan fingerprint density at radius 2 is 2.17 bits per heavy atom. The molecule has 23 heavy (non-hydrogen) atoms. The van der Waals surface area contributed by atoms with Gasteiger partial charge in [-0.2, -0.15) is 5.10 Å². The van der Waals surface area contributed by atoms with Gasteiger partial charge in [-0.3, -0.25) is 9.67 Å². The van der Waals surface area contributed by atoms with E-state index in [4.69, 9.17) is 4.74 Å². The first kappa shape index (κ1) is 16.9. The van der Waals surface area contributed by atoms with Crippen LogP contribution in [0.2, 0.25) is 0 Å². The number of aryl methyl sites for hydroxylation is 1. The van der Waals surface area contributed by atoms with Crippen molar-refractivity contribution in [2.24, 2.45) is 12.0 Å². The van der Waals surface area contributed by atoms with Crippen LogP contribution in [0.3, 0.4) is 0 Å². The summed E-state index contributed by atoms with van der Waals surface area (Å²) in [5.41, 5.74) is 0.810. The predicted molar refractivity (Wildman–Crippen MR) is 90.7 cm³/mol. The zero-order valence-corrected chi connectivity index (χ0v) is 13.8. The number of methoxy groups -OCH3 is 1. The molecular weight excluding hydrogens is 296 g/mol. The molecule has 2 heterocycles. The summed E-state index contributed by atoms with van der Waals surface area (Å²) in [6.45, 7) is 5.50. The predicted octanol–water partition coefficient (Wildman–Crippen LogP) is -0.0233. The lowest BCUT2D eigenvalue weighted by Gasteiger charge is -2.12. The summed E-state index contributed by atoms with van der Waals surface area (Å²) in [5.74, 6) is 1.56. The lowest BCUT2D eigenvalue weighted by molar-refractivity contribution is 0.208. The number of hydrogen-bond acceptors (Lipinski definition) is 6. The second kappa shape index (κ2) is 8.89. The molecule has 3 N–H and O–H groups in total. The van der Waals surface area contributed by atoms with Crippen molar-refractivity contribution in [3.63, 3.8) is 0 Å². The molecule has 126 valence electrons. The standard InChI is InChI=1S/C14H24N8O/c1-4-15-14(18-7-8-23-3)17-6-5-16-12-11-9-21-22(2)13(11)20-10-19-12/h9-10H,4-8H2,1-3H3,(H2,15,17,18)(H,16,19,20). The Morgan fingerprint density at radius 3 is 2.96 bits per heavy atom. The highest BCUT2D eigenvalue weighted by atomic mass is 16.5. The number of ether oxygens (including phenoxy) is 1. The SMILES string of the molecule is CCNC(=NCCOC)NCCNc1ncnc2c1cnn2C. The van der Waals surface area contributed by atoms with Crippen LogP contribution in [-0.4, -0.2) is 65.6 Å². The maximum atomic E-state index is 5.00. The fraction of sp³-hybridized carbons (Fsp3) is 0.571. The molecule has 2 aromatic heterocycles. The Balaban J connectivity index is 1.84. The number of aliphatic imine (C=N–C) groups is 1. The van der Waals surface area contributed by atoms with E-state index >= 15 is 0 Å². The molecule has 2 rings (SSSR count). The number of guanidine groups is 1. The number of rotatable bonds is 8. The van der Waals surface area contributed by atoms with E-state index in [1.807, 2.05) is 14.0 Å². The Morgan fingerprint density at radius 1 is 1.30 bits per heavy atom. The average Bonchev–Trinajstić information content (AvgIpc) is 2.94. The summed E-state index contributed by atoms with van der Waals surface area (Å²) in [6.07, 6.45) is 3.30. The number of nitrogens with one attached hydrogen (secondary N) is 3. The van der Waals surface area contributed by atoms with Gasteiger partial charge in [0, 0.05) is 33.8 Å². The normalized spacial score (nSPS) is 11.7. The van der Waals surface area contributed by atoms with E-state index in [0.717, 1.165) is 29.4 Å². The molecule has 0 spiro atoms. The van der Waals surface area contributed by atoms with Crippen LogP contribution < -0.4 is 16.0 Å². The summed E-state index contributed by atoms with van der Waals surface area (Å²) >= 11 is 0. The maximum Gasteiger partial charge on any atom is 0.191 e. The highest BCUT2D eigenvalue weighted by molar-refractivity contribution is 5.86. The third kappa shape index (κ3) is 4.78. The number of hydrogen-bond donors (Lipinski definition) is 3. The lowest BCUT2D eigenvalue weighted by atomic mass is 10.4. The minimum atomic E-state index is 0.606. The Labute approximate surface area is 135 Å². The van der Waals surface area contributed by atoms with Crippen LogP contribution in [-0.2, 0) is 11.8 Å². The molecule has 0 fully saturated rings. The van der Waals surface area contributed by atoms with E-state index in [1.54, 1.807) is 18.0 Å². The lowest BCUT2D eigenvalue weighted by Crippen LogP contribution is -2.39. The van der Waals surface area contributed by atoms with Gasteiger partial charge in [0.1, 0.15) is 12.1 Å². The largest absolute Gasteiger partial charge is 0.383 e. The number of nitrogens with zero attached hydrogens (tertiary/aromatic N) is 5. The fourth-order valence-corrected chi connectivity index (χ4v) is 2.06. The van der Waals surface area contributed by atoms with Crippen LogP contribution in [0.4, 0.5) is 5.82 Å². The molecule has 0 amide bonds. The third-order valence-electron chi connectivity index (χ3n) is 3.15. The Hall–Kier alpha value is -2.42. The van der Waals surface area contributed by atoms with Gasteiger partial charge in [-0.1, -0.05) is 0 Å². The molecule has 0 aliphatic rings. The van der Waals surface area contributed by atoms with Crippen molar-refractivity contribution < 1.29 is 4.74 Å². The first-order chi connectivity index (χ1) is 11.3. The molecule has 0 unspecified atom stereocenters. The van der Waals surface area contributed by atoms with Gasteiger partial charge in [-0.25, -0.2) is 9.97 Å². The van der Waals surface area contributed by atoms with Gasteiger partial charge in [-0.15, -0.1) is 0 Å². The molecule has 2 aromatic rings. The van der Waals surface area contributed by atoms with E-state index in [2.05, 4.69) is 36.0 Å². The van der Waals surface area contributed by atoms with Crippen LogP contribution in [0.25, 0.3) is 11.0 Å². The molecule has 0 radical (unpaired) electrons. The van der Waals surface area contributed by atoms with E-state index < -0.39 is 0 Å². The monoisotopic (exact) mass is 320 g/mol. The maximum absolute atomic E-state index is 5.00. The molecular formula is C14H24N8O. The molecule has 0 aliphatic carbocycles. The molecule has 0 aromatic carbocycles. The van der Waals surface area contributed by atoms with Gasteiger partial charge in [0.25, 0.3) is 0 Å². The first-order valence-electron chi connectivity index (χ1n) is 7.64. The van der Waals surface area contributed by atoms with Crippen molar-refractivity contribution in [3.05, 3.63) is 12.5 Å². The van der Waals surface area contributed by atoms with Crippen LogP contribution >= 0.6 is 0 Å². The van der Waals surface area contributed by atoms with Crippen LogP contribution in [0.5, 0.6) is 0 Å². The Bertz CT molecular complexity index is 639. The summed E-state index contributed by atoms with van der Waals surface area (Å²) in [4.78, 5) is 12.9. The minimum absolute atomic E-state index is 0.606. The quantitative estimate of drug-likeness (QED) is 0.357. The van der Waals surface area contributed by atoms with Gasteiger partial charge in [0.2, 0.25) is 0 Å². The molecule has 0 atom stereocenters. The topological polar surface area (TPSA) is 101 Å². The number of fused-ring (bicyclic) bond motifs is 1. The van der Waals surface area contributed by atoms with Crippen molar-refractivity contribution in [1.29, 1.82) is 0 Å². The highest BCUT2D eigenvalue weighted by Crippen LogP contribution is 2.16. The van der Waals surface area contributed by atoms with E-state index in [-0.39, 0.29) is 0 Å². The van der Waals surface area contributed by atoms with Crippen LogP contribution in [0.15, 0.2) is 17.5 Å².